The van der Waals surface area contributed by atoms with Crippen LogP contribution in [0.1, 0.15) is 71.6 Å². The first kappa shape index (κ1) is 26.7. The van der Waals surface area contributed by atoms with Crippen LogP contribution in [-0.2, 0) is 14.3 Å². The molecule has 0 saturated heterocycles. The van der Waals surface area contributed by atoms with Gasteiger partial charge in [0.05, 0.1) is 6.61 Å². The molecule has 0 spiro atoms. The maximum absolute atomic E-state index is 11.2. The average molecular weight is 405 g/mol. The van der Waals surface area contributed by atoms with Crippen LogP contribution in [0.2, 0.25) is 0 Å². The molecule has 0 aromatic heterocycles. The number of unbranched alkanes of at least 4 members (excludes halogenated alkanes) is 7. The van der Waals surface area contributed by atoms with Crippen molar-refractivity contribution in [1.29, 1.82) is 0 Å². The van der Waals surface area contributed by atoms with Gasteiger partial charge >= 0.3 is 11.8 Å². The SMILES string of the molecule is C=C/C=C(\C=C(C)C)OCCCCCCC/C=C\CCCCNC(=O)C(=O)NC. The highest BCUT2D eigenvalue weighted by molar-refractivity contribution is 6.34. The highest BCUT2D eigenvalue weighted by Gasteiger charge is 2.08. The number of ether oxygens (including phenoxy) is 1. The van der Waals surface area contributed by atoms with Gasteiger partial charge in [-0.15, -0.1) is 0 Å². The Bertz CT molecular complexity index is 558. The molecule has 5 heteroatoms. The molecule has 0 aromatic rings. The molecule has 0 unspecified atom stereocenters. The molecule has 0 rings (SSSR count). The summed E-state index contributed by atoms with van der Waals surface area (Å²) in [5, 5.41) is 4.90. The molecule has 0 aliphatic rings. The minimum atomic E-state index is -0.588. The lowest BCUT2D eigenvalue weighted by Crippen LogP contribution is -2.38. The van der Waals surface area contributed by atoms with Gasteiger partial charge in [0.15, 0.2) is 0 Å². The molecular formula is C24H40N2O3. The summed E-state index contributed by atoms with van der Waals surface area (Å²) in [5.74, 6) is -0.259. The molecule has 29 heavy (non-hydrogen) atoms. The van der Waals surface area contributed by atoms with Crippen molar-refractivity contribution in [2.24, 2.45) is 0 Å². The van der Waals surface area contributed by atoms with Crippen LogP contribution in [0.4, 0.5) is 0 Å². The number of nitrogens with one attached hydrogen (secondary N) is 2. The van der Waals surface area contributed by atoms with Crippen molar-refractivity contribution in [2.75, 3.05) is 20.2 Å². The number of hydrogen-bond donors (Lipinski definition) is 2. The summed E-state index contributed by atoms with van der Waals surface area (Å²) in [4.78, 5) is 22.2. The van der Waals surface area contributed by atoms with Gasteiger partial charge in [0.1, 0.15) is 5.76 Å². The van der Waals surface area contributed by atoms with Gasteiger partial charge in [-0.05, 0) is 64.5 Å². The van der Waals surface area contributed by atoms with Crippen molar-refractivity contribution in [3.63, 3.8) is 0 Å². The number of carbonyl (C=O) groups excluding carboxylic acids is 2. The van der Waals surface area contributed by atoms with Crippen molar-refractivity contribution in [2.45, 2.75) is 71.6 Å². The zero-order valence-corrected chi connectivity index (χ0v) is 18.6. The van der Waals surface area contributed by atoms with Crippen LogP contribution in [0.5, 0.6) is 0 Å². The van der Waals surface area contributed by atoms with E-state index in [0.29, 0.717) is 6.54 Å². The van der Waals surface area contributed by atoms with Gasteiger partial charge in [-0.3, -0.25) is 9.59 Å². The third-order valence-corrected chi connectivity index (χ3v) is 4.18. The quantitative estimate of drug-likeness (QED) is 0.125. The normalized spacial score (nSPS) is 11.2. The van der Waals surface area contributed by atoms with E-state index in [1.54, 1.807) is 6.08 Å². The van der Waals surface area contributed by atoms with E-state index in [0.717, 1.165) is 44.5 Å². The minimum absolute atomic E-state index is 0.545. The smallest absolute Gasteiger partial charge is 0.309 e. The molecule has 0 bridgehead atoms. The first-order valence-electron chi connectivity index (χ1n) is 10.8. The fraction of sp³-hybridized carbons (Fsp3) is 0.583. The summed E-state index contributed by atoms with van der Waals surface area (Å²) in [6.45, 7) is 9.14. The topological polar surface area (TPSA) is 67.4 Å². The fourth-order valence-electron chi connectivity index (χ4n) is 2.64. The van der Waals surface area contributed by atoms with Crippen LogP contribution < -0.4 is 10.6 Å². The Balaban J connectivity index is 3.49. The second-order valence-corrected chi connectivity index (χ2v) is 7.23. The predicted molar refractivity (Wildman–Crippen MR) is 121 cm³/mol. The molecular weight excluding hydrogens is 364 g/mol. The van der Waals surface area contributed by atoms with Crippen molar-refractivity contribution >= 4 is 11.8 Å². The van der Waals surface area contributed by atoms with Crippen LogP contribution >= 0.6 is 0 Å². The molecule has 0 aromatic carbocycles. The lowest BCUT2D eigenvalue weighted by molar-refractivity contribution is -0.138. The molecule has 0 fully saturated rings. The molecule has 0 heterocycles. The molecule has 0 aliphatic carbocycles. The first-order valence-corrected chi connectivity index (χ1v) is 10.8. The third-order valence-electron chi connectivity index (χ3n) is 4.18. The molecule has 164 valence electrons. The zero-order valence-electron chi connectivity index (χ0n) is 18.6. The van der Waals surface area contributed by atoms with Gasteiger partial charge in [-0.25, -0.2) is 0 Å². The summed E-state index contributed by atoms with van der Waals surface area (Å²) < 4.78 is 5.78. The fourth-order valence-corrected chi connectivity index (χ4v) is 2.64. The summed E-state index contributed by atoms with van der Waals surface area (Å²) in [5.41, 5.74) is 1.22. The van der Waals surface area contributed by atoms with Gasteiger partial charge in [-0.1, -0.05) is 49.6 Å². The number of rotatable bonds is 16. The Labute approximate surface area is 177 Å². The predicted octanol–water partition coefficient (Wildman–Crippen LogP) is 4.97. The maximum Gasteiger partial charge on any atom is 0.309 e. The molecule has 0 aliphatic heterocycles. The van der Waals surface area contributed by atoms with Crippen molar-refractivity contribution in [1.82, 2.24) is 10.6 Å². The number of hydrogen-bond acceptors (Lipinski definition) is 3. The molecule has 2 amide bonds. The van der Waals surface area contributed by atoms with E-state index in [9.17, 15) is 9.59 Å². The van der Waals surface area contributed by atoms with Gasteiger partial charge < -0.3 is 15.4 Å². The standard InChI is InChI=1S/C24H40N2O3/c1-5-17-22(20-21(2)3)29-19-16-14-12-10-8-6-7-9-11-13-15-18-26-24(28)23(27)25-4/h5,7,9,17,20H,1,6,8,10-16,18-19H2,2-4H3,(H,25,27)(H,26,28)/b9-7-,22-17+. The second-order valence-electron chi connectivity index (χ2n) is 7.23. The van der Waals surface area contributed by atoms with Crippen molar-refractivity contribution < 1.29 is 14.3 Å². The van der Waals surface area contributed by atoms with Gasteiger partial charge in [0, 0.05) is 13.6 Å². The molecule has 2 N–H and O–H groups in total. The Morgan fingerprint density at radius 2 is 1.52 bits per heavy atom. The average Bonchev–Trinajstić information content (AvgIpc) is 2.69. The largest absolute Gasteiger partial charge is 0.494 e. The Hall–Kier alpha value is -2.30. The summed E-state index contributed by atoms with van der Waals surface area (Å²) in [7, 11) is 1.45. The van der Waals surface area contributed by atoms with Crippen molar-refractivity contribution in [3.05, 3.63) is 48.3 Å². The van der Waals surface area contributed by atoms with Crippen LogP contribution in [0.15, 0.2) is 48.3 Å². The summed E-state index contributed by atoms with van der Waals surface area (Å²) >= 11 is 0. The highest BCUT2D eigenvalue weighted by Crippen LogP contribution is 2.09. The number of allylic oxidation sites excluding steroid dienone is 6. The number of likely N-dealkylation sites (N-methyl/N-ethyl adjacent to an activating group) is 1. The monoisotopic (exact) mass is 404 g/mol. The van der Waals surface area contributed by atoms with E-state index in [1.807, 2.05) is 12.2 Å². The molecule has 0 radical (unpaired) electrons. The van der Waals surface area contributed by atoms with E-state index in [4.69, 9.17) is 4.74 Å². The van der Waals surface area contributed by atoms with Crippen LogP contribution in [0.3, 0.4) is 0 Å². The second kappa shape index (κ2) is 19.0. The summed E-state index contributed by atoms with van der Waals surface area (Å²) in [6, 6.07) is 0. The number of amides is 2. The van der Waals surface area contributed by atoms with Gasteiger partial charge in [-0.2, -0.15) is 0 Å². The van der Waals surface area contributed by atoms with Crippen molar-refractivity contribution in [3.8, 4) is 0 Å². The highest BCUT2D eigenvalue weighted by atomic mass is 16.5. The maximum atomic E-state index is 11.2. The first-order chi connectivity index (χ1) is 14.0. The van der Waals surface area contributed by atoms with Crippen LogP contribution in [0.25, 0.3) is 0 Å². The lowest BCUT2D eigenvalue weighted by Gasteiger charge is -2.07. The van der Waals surface area contributed by atoms with E-state index >= 15 is 0 Å². The lowest BCUT2D eigenvalue weighted by atomic mass is 10.1. The molecule has 0 atom stereocenters. The zero-order chi connectivity index (χ0) is 21.7. The van der Waals surface area contributed by atoms with E-state index in [1.165, 1.54) is 38.3 Å². The Morgan fingerprint density at radius 3 is 2.14 bits per heavy atom. The van der Waals surface area contributed by atoms with E-state index < -0.39 is 11.8 Å². The van der Waals surface area contributed by atoms with Crippen LogP contribution in [-0.4, -0.2) is 32.0 Å². The Morgan fingerprint density at radius 1 is 0.897 bits per heavy atom. The Kier molecular flexibility index (Phi) is 17.5. The number of carbonyl (C=O) groups is 2. The minimum Gasteiger partial charge on any atom is -0.494 e. The van der Waals surface area contributed by atoms with E-state index in [-0.39, 0.29) is 0 Å². The van der Waals surface area contributed by atoms with Crippen LogP contribution in [0, 0.1) is 0 Å². The van der Waals surface area contributed by atoms with E-state index in [2.05, 4.69) is 43.2 Å². The molecule has 5 nitrogen and oxygen atoms in total. The van der Waals surface area contributed by atoms with Gasteiger partial charge in [0.25, 0.3) is 0 Å². The summed E-state index contributed by atoms with van der Waals surface area (Å²) in [6.07, 6.45) is 20.2. The third kappa shape index (κ3) is 17.5. The molecule has 0 saturated carbocycles. The van der Waals surface area contributed by atoms with Gasteiger partial charge in [0.2, 0.25) is 0 Å².